The average Bonchev–Trinajstić information content (AvgIpc) is 2.69. The summed E-state index contributed by atoms with van der Waals surface area (Å²) in [4.78, 5) is 3.20. The van der Waals surface area contributed by atoms with Crippen molar-refractivity contribution in [3.63, 3.8) is 0 Å². The zero-order chi connectivity index (χ0) is 21.1. The van der Waals surface area contributed by atoms with E-state index in [1.54, 1.807) is 11.0 Å². The van der Waals surface area contributed by atoms with Crippen LogP contribution in [0.2, 0.25) is 0 Å². The number of benzene rings is 2. The lowest BCUT2D eigenvalue weighted by Gasteiger charge is -2.37. The van der Waals surface area contributed by atoms with Gasteiger partial charge in [0.25, 0.3) is 9.84 Å². The molecule has 1 aliphatic heterocycles. The molecule has 1 saturated heterocycles. The molecule has 0 radical (unpaired) electrons. The van der Waals surface area contributed by atoms with Crippen molar-refractivity contribution >= 4 is 15.5 Å². The molecule has 0 saturated carbocycles. The quantitative estimate of drug-likeness (QED) is 0.702. The molecule has 9 heteroatoms. The summed E-state index contributed by atoms with van der Waals surface area (Å²) in [6.45, 7) is 5.37. The summed E-state index contributed by atoms with van der Waals surface area (Å²) in [6.07, 6.45) is 0. The van der Waals surface area contributed by atoms with Gasteiger partial charge in [0.05, 0.1) is 17.2 Å². The second-order valence-electron chi connectivity index (χ2n) is 6.76. The summed E-state index contributed by atoms with van der Waals surface area (Å²) >= 11 is 0. The van der Waals surface area contributed by atoms with Gasteiger partial charge in [-0.2, -0.15) is 13.2 Å². The smallest absolute Gasteiger partial charge is 0.494 e. The lowest BCUT2D eigenvalue weighted by atomic mass is 10.2. The predicted molar refractivity (Wildman–Crippen MR) is 105 cm³/mol. The molecule has 29 heavy (non-hydrogen) atoms. The SMILES string of the molecule is CCOc1ccc(CN2CCN(c3ccccc3S(=O)(=O)C(F)(F)F)CC2)cc1. The average molecular weight is 428 g/mol. The van der Waals surface area contributed by atoms with E-state index in [0.29, 0.717) is 39.3 Å². The highest BCUT2D eigenvalue weighted by Gasteiger charge is 2.48. The van der Waals surface area contributed by atoms with Gasteiger partial charge in [0.2, 0.25) is 0 Å². The minimum absolute atomic E-state index is 0.102. The number of nitrogens with zero attached hydrogens (tertiary/aromatic N) is 2. The molecule has 0 bridgehead atoms. The molecule has 158 valence electrons. The fourth-order valence-electron chi connectivity index (χ4n) is 3.33. The summed E-state index contributed by atoms with van der Waals surface area (Å²) in [5, 5.41) is 0. The number of piperazine rings is 1. The first kappa shape index (κ1) is 21.4. The van der Waals surface area contributed by atoms with E-state index in [2.05, 4.69) is 4.90 Å². The molecule has 0 amide bonds. The second kappa shape index (κ2) is 8.62. The van der Waals surface area contributed by atoms with Crippen LogP contribution in [0.25, 0.3) is 0 Å². The molecule has 1 fully saturated rings. The Morgan fingerprint density at radius 1 is 0.966 bits per heavy atom. The highest BCUT2D eigenvalue weighted by atomic mass is 32.2. The van der Waals surface area contributed by atoms with Crippen LogP contribution in [0.5, 0.6) is 5.75 Å². The van der Waals surface area contributed by atoms with Gasteiger partial charge < -0.3 is 9.64 Å². The molecule has 5 nitrogen and oxygen atoms in total. The number of hydrogen-bond acceptors (Lipinski definition) is 5. The van der Waals surface area contributed by atoms with Crippen molar-refractivity contribution in [3.05, 3.63) is 54.1 Å². The topological polar surface area (TPSA) is 49.9 Å². The second-order valence-corrected chi connectivity index (χ2v) is 8.67. The Bertz CT molecular complexity index is 923. The van der Waals surface area contributed by atoms with Crippen molar-refractivity contribution < 1.29 is 26.3 Å². The maximum atomic E-state index is 13.0. The molecular formula is C20H23F3N2O3S. The molecule has 0 unspecified atom stereocenters. The van der Waals surface area contributed by atoms with Gasteiger partial charge in [-0.3, -0.25) is 4.90 Å². The Balaban J connectivity index is 1.67. The first-order valence-electron chi connectivity index (χ1n) is 9.32. The Morgan fingerprint density at radius 3 is 2.17 bits per heavy atom. The maximum absolute atomic E-state index is 13.0. The Hall–Kier alpha value is -2.26. The molecule has 2 aromatic carbocycles. The molecule has 0 aromatic heterocycles. The summed E-state index contributed by atoms with van der Waals surface area (Å²) in [7, 11) is -5.39. The predicted octanol–water partition coefficient (Wildman–Crippen LogP) is 3.70. The van der Waals surface area contributed by atoms with E-state index in [-0.39, 0.29) is 5.69 Å². The van der Waals surface area contributed by atoms with Gasteiger partial charge in [-0.1, -0.05) is 24.3 Å². The van der Waals surface area contributed by atoms with Gasteiger partial charge in [0.1, 0.15) is 5.75 Å². The lowest BCUT2D eigenvalue weighted by molar-refractivity contribution is -0.0435. The van der Waals surface area contributed by atoms with E-state index in [4.69, 9.17) is 4.74 Å². The van der Waals surface area contributed by atoms with Crippen LogP contribution in [0.3, 0.4) is 0 Å². The zero-order valence-corrected chi connectivity index (χ0v) is 16.8. The molecule has 0 spiro atoms. The Kier molecular flexibility index (Phi) is 6.38. The normalized spacial score (nSPS) is 16.1. The van der Waals surface area contributed by atoms with E-state index in [1.165, 1.54) is 12.1 Å². The largest absolute Gasteiger partial charge is 0.501 e. The summed E-state index contributed by atoms with van der Waals surface area (Å²) in [6, 6.07) is 13.1. The molecule has 0 atom stereocenters. The third kappa shape index (κ3) is 4.84. The maximum Gasteiger partial charge on any atom is 0.501 e. The van der Waals surface area contributed by atoms with E-state index in [9.17, 15) is 21.6 Å². The van der Waals surface area contributed by atoms with Crippen molar-refractivity contribution in [2.24, 2.45) is 0 Å². The van der Waals surface area contributed by atoms with E-state index < -0.39 is 20.2 Å². The number of halogens is 3. The first-order valence-corrected chi connectivity index (χ1v) is 10.8. The number of rotatable bonds is 6. The molecular weight excluding hydrogens is 405 g/mol. The number of para-hydroxylation sites is 1. The first-order chi connectivity index (χ1) is 13.7. The van der Waals surface area contributed by atoms with Crippen LogP contribution in [0.1, 0.15) is 12.5 Å². The van der Waals surface area contributed by atoms with E-state index in [1.807, 2.05) is 31.2 Å². The third-order valence-electron chi connectivity index (χ3n) is 4.81. The van der Waals surface area contributed by atoms with Crippen LogP contribution >= 0.6 is 0 Å². The van der Waals surface area contributed by atoms with Crippen LogP contribution in [-0.2, 0) is 16.4 Å². The van der Waals surface area contributed by atoms with E-state index >= 15 is 0 Å². The molecule has 0 N–H and O–H groups in total. The summed E-state index contributed by atoms with van der Waals surface area (Å²) in [5.74, 6) is 0.809. The van der Waals surface area contributed by atoms with Gasteiger partial charge in [-0.15, -0.1) is 0 Å². The van der Waals surface area contributed by atoms with Crippen molar-refractivity contribution in [1.82, 2.24) is 4.90 Å². The summed E-state index contributed by atoms with van der Waals surface area (Å²) < 4.78 is 68.3. The van der Waals surface area contributed by atoms with Gasteiger partial charge in [-0.05, 0) is 36.8 Å². The van der Waals surface area contributed by atoms with Crippen LogP contribution in [-0.4, -0.2) is 51.6 Å². The van der Waals surface area contributed by atoms with Crippen LogP contribution in [0, 0.1) is 0 Å². The monoisotopic (exact) mass is 428 g/mol. The number of anilines is 1. The fourth-order valence-corrected chi connectivity index (χ4v) is 4.31. The zero-order valence-electron chi connectivity index (χ0n) is 16.0. The van der Waals surface area contributed by atoms with Crippen LogP contribution in [0.4, 0.5) is 18.9 Å². The van der Waals surface area contributed by atoms with Crippen molar-refractivity contribution in [3.8, 4) is 5.75 Å². The van der Waals surface area contributed by atoms with Crippen LogP contribution < -0.4 is 9.64 Å². The minimum Gasteiger partial charge on any atom is -0.494 e. The van der Waals surface area contributed by atoms with E-state index in [0.717, 1.165) is 17.4 Å². The number of hydrogen-bond donors (Lipinski definition) is 0. The van der Waals surface area contributed by atoms with Crippen molar-refractivity contribution in [2.45, 2.75) is 23.9 Å². The fraction of sp³-hybridized carbons (Fsp3) is 0.400. The van der Waals surface area contributed by atoms with Gasteiger partial charge in [-0.25, -0.2) is 8.42 Å². The number of sulfone groups is 1. The van der Waals surface area contributed by atoms with Crippen molar-refractivity contribution in [2.75, 3.05) is 37.7 Å². The van der Waals surface area contributed by atoms with Crippen LogP contribution in [0.15, 0.2) is 53.4 Å². The number of alkyl halides is 3. The molecule has 2 aromatic rings. The number of ether oxygens (including phenoxy) is 1. The lowest BCUT2D eigenvalue weighted by Crippen LogP contribution is -2.46. The highest BCUT2D eigenvalue weighted by molar-refractivity contribution is 7.92. The molecule has 1 heterocycles. The van der Waals surface area contributed by atoms with Gasteiger partial charge in [0, 0.05) is 32.7 Å². The highest BCUT2D eigenvalue weighted by Crippen LogP contribution is 2.36. The minimum atomic E-state index is -5.39. The Labute approximate surface area is 168 Å². The molecule has 3 rings (SSSR count). The third-order valence-corrected chi connectivity index (χ3v) is 6.35. The molecule has 0 aliphatic carbocycles. The summed E-state index contributed by atoms with van der Waals surface area (Å²) in [5.41, 5.74) is -4.11. The van der Waals surface area contributed by atoms with Gasteiger partial charge >= 0.3 is 5.51 Å². The van der Waals surface area contributed by atoms with Gasteiger partial charge in [0.15, 0.2) is 0 Å². The molecule has 1 aliphatic rings. The standard InChI is InChI=1S/C20H23F3N2O3S/c1-2-28-17-9-7-16(8-10-17)15-24-11-13-25(14-12-24)18-5-3-4-6-19(18)29(26,27)20(21,22)23/h3-10H,2,11-15H2,1H3. The Morgan fingerprint density at radius 2 is 1.59 bits per heavy atom. The van der Waals surface area contributed by atoms with Crippen molar-refractivity contribution in [1.29, 1.82) is 0 Å².